The van der Waals surface area contributed by atoms with Gasteiger partial charge in [-0.15, -0.1) is 11.7 Å². The molecule has 24 heavy (non-hydrogen) atoms. The Morgan fingerprint density at radius 3 is 2.25 bits per heavy atom. The first-order chi connectivity index (χ1) is 10.9. The fraction of sp³-hybridized carbons (Fsp3) is 0.619. The summed E-state index contributed by atoms with van der Waals surface area (Å²) in [6.45, 7) is 22.9. The molecular weight excluding hydrogens is 312 g/mol. The predicted octanol–water partition coefficient (Wildman–Crippen LogP) is 5.67. The van der Waals surface area contributed by atoms with Crippen LogP contribution in [-0.4, -0.2) is 20.7 Å². The molecule has 1 atom stereocenters. The molecule has 0 aromatic rings. The molecule has 0 fully saturated rings. The summed E-state index contributed by atoms with van der Waals surface area (Å²) in [6.07, 6.45) is 2.06. The molecule has 3 heteroatoms. The van der Waals surface area contributed by atoms with Crippen LogP contribution in [0.4, 0.5) is 0 Å². The van der Waals surface area contributed by atoms with E-state index in [1.807, 2.05) is 6.92 Å². The zero-order valence-electron chi connectivity index (χ0n) is 16.6. The minimum atomic E-state index is -1.72. The topological polar surface area (TPSA) is 26.3 Å². The van der Waals surface area contributed by atoms with Crippen LogP contribution in [-0.2, 0) is 9.22 Å². The summed E-state index contributed by atoms with van der Waals surface area (Å²) in [7, 11) is -1.72. The monoisotopic (exact) mass is 346 g/mol. The van der Waals surface area contributed by atoms with E-state index < -0.39 is 8.32 Å². The molecule has 0 N–H and O–H groups in total. The average Bonchev–Trinajstić information content (AvgIpc) is 2.46. The molecule has 0 aliphatic carbocycles. The predicted molar refractivity (Wildman–Crippen MR) is 106 cm³/mol. The van der Waals surface area contributed by atoms with Crippen molar-refractivity contribution in [2.75, 3.05) is 6.61 Å². The van der Waals surface area contributed by atoms with Gasteiger partial charge < -0.3 is 4.43 Å². The molecule has 134 valence electrons. The second-order valence-corrected chi connectivity index (χ2v) is 12.7. The first kappa shape index (κ1) is 22.7. The Hall–Kier alpha value is -1.33. The van der Waals surface area contributed by atoms with E-state index in [-0.39, 0.29) is 16.7 Å². The zero-order chi connectivity index (χ0) is 19.0. The molecule has 1 unspecified atom stereocenters. The van der Waals surface area contributed by atoms with Gasteiger partial charge in [0.15, 0.2) is 14.1 Å². The standard InChI is InChI=1S/C21H34O2Si/c1-10-18(4)20(22)16-19(17(2)3)14-12-11-13-15-23-24(8,9)21(5,6)7/h19H,1-2,12,14-16H2,3-9H3. The number of ketones is 1. The summed E-state index contributed by atoms with van der Waals surface area (Å²) >= 11 is 0. The third kappa shape index (κ3) is 7.97. The fourth-order valence-electron chi connectivity index (χ4n) is 1.82. The second kappa shape index (κ2) is 9.84. The van der Waals surface area contributed by atoms with Crippen molar-refractivity contribution in [1.29, 1.82) is 0 Å². The van der Waals surface area contributed by atoms with Crippen molar-refractivity contribution in [2.45, 2.75) is 72.0 Å². The van der Waals surface area contributed by atoms with E-state index in [1.165, 1.54) is 0 Å². The molecule has 0 bridgehead atoms. The van der Waals surface area contributed by atoms with Crippen LogP contribution in [0.15, 0.2) is 30.0 Å². The Bertz CT molecular complexity index is 561. The number of carbonyl (C=O) groups excluding carboxylic acids is 1. The lowest BCUT2D eigenvalue weighted by Gasteiger charge is -2.35. The molecule has 0 rings (SSSR count). The van der Waals surface area contributed by atoms with E-state index in [2.05, 4.69) is 64.6 Å². The number of Topliss-reactive ketones (excluding diaryl/α,β-unsaturated/α-hetero) is 1. The van der Waals surface area contributed by atoms with Crippen LogP contribution in [0.25, 0.3) is 0 Å². The molecule has 0 saturated carbocycles. The molecule has 0 spiro atoms. The van der Waals surface area contributed by atoms with E-state index in [1.54, 1.807) is 6.92 Å². The Kier molecular flexibility index (Phi) is 9.29. The number of hydrogen-bond donors (Lipinski definition) is 0. The summed E-state index contributed by atoms with van der Waals surface area (Å²) in [5, 5.41) is 0.205. The molecule has 2 nitrogen and oxygen atoms in total. The number of hydrogen-bond acceptors (Lipinski definition) is 2. The smallest absolute Gasteiger partial charge is 0.193 e. The first-order valence-electron chi connectivity index (χ1n) is 8.57. The first-order valence-corrected chi connectivity index (χ1v) is 11.5. The van der Waals surface area contributed by atoms with Gasteiger partial charge in [0, 0.05) is 18.4 Å². The molecule has 0 heterocycles. The van der Waals surface area contributed by atoms with Crippen LogP contribution in [0.3, 0.4) is 0 Å². The van der Waals surface area contributed by atoms with E-state index in [0.29, 0.717) is 18.6 Å². The van der Waals surface area contributed by atoms with Gasteiger partial charge in [-0.3, -0.25) is 4.79 Å². The van der Waals surface area contributed by atoms with Gasteiger partial charge in [-0.25, -0.2) is 0 Å². The van der Waals surface area contributed by atoms with Gasteiger partial charge in [-0.1, -0.05) is 45.4 Å². The van der Waals surface area contributed by atoms with E-state index in [0.717, 1.165) is 18.4 Å². The molecule has 0 aliphatic rings. The minimum Gasteiger partial charge on any atom is -0.406 e. The van der Waals surface area contributed by atoms with E-state index in [4.69, 9.17) is 4.43 Å². The maximum atomic E-state index is 12.0. The van der Waals surface area contributed by atoms with Crippen molar-refractivity contribution in [3.05, 3.63) is 30.0 Å². The number of allylic oxidation sites excluding steroid dienone is 2. The second-order valence-electron chi connectivity index (χ2n) is 7.91. The highest BCUT2D eigenvalue weighted by atomic mass is 28.4. The molecule has 0 radical (unpaired) electrons. The molecular formula is C21H34O2Si. The molecule has 0 aromatic heterocycles. The highest BCUT2D eigenvalue weighted by Gasteiger charge is 2.36. The SMILES string of the molecule is C=C=C(C)C(=O)CC(CCC#CCO[Si](C)(C)C(C)(C)C)C(=C)C. The number of rotatable bonds is 8. The summed E-state index contributed by atoms with van der Waals surface area (Å²) in [5.74, 6) is 6.54. The van der Waals surface area contributed by atoms with Crippen molar-refractivity contribution in [3.8, 4) is 11.8 Å². The summed E-state index contributed by atoms with van der Waals surface area (Å²) in [4.78, 5) is 12.0. The van der Waals surface area contributed by atoms with Crippen molar-refractivity contribution in [3.63, 3.8) is 0 Å². The third-order valence-corrected chi connectivity index (χ3v) is 9.34. The van der Waals surface area contributed by atoms with Gasteiger partial charge in [0.05, 0.1) is 6.61 Å². The highest BCUT2D eigenvalue weighted by Crippen LogP contribution is 2.36. The van der Waals surface area contributed by atoms with Crippen molar-refractivity contribution in [1.82, 2.24) is 0 Å². The van der Waals surface area contributed by atoms with Crippen LogP contribution in [0, 0.1) is 17.8 Å². The van der Waals surface area contributed by atoms with Crippen LogP contribution in [0.2, 0.25) is 18.1 Å². The van der Waals surface area contributed by atoms with Crippen molar-refractivity contribution >= 4 is 14.1 Å². The van der Waals surface area contributed by atoms with Crippen LogP contribution >= 0.6 is 0 Å². The summed E-state index contributed by atoms with van der Waals surface area (Å²) in [6, 6.07) is 0. The summed E-state index contributed by atoms with van der Waals surface area (Å²) < 4.78 is 6.03. The van der Waals surface area contributed by atoms with E-state index >= 15 is 0 Å². The van der Waals surface area contributed by atoms with Crippen molar-refractivity contribution < 1.29 is 9.22 Å². The summed E-state index contributed by atoms with van der Waals surface area (Å²) in [5.41, 5.74) is 4.29. The normalized spacial score (nSPS) is 12.6. The van der Waals surface area contributed by atoms with Crippen LogP contribution in [0.5, 0.6) is 0 Å². The van der Waals surface area contributed by atoms with Gasteiger partial charge in [-0.2, -0.15) is 0 Å². The zero-order valence-corrected chi connectivity index (χ0v) is 17.6. The lowest BCUT2D eigenvalue weighted by atomic mass is 9.89. The van der Waals surface area contributed by atoms with Crippen LogP contribution < -0.4 is 0 Å². The maximum Gasteiger partial charge on any atom is 0.193 e. The molecule has 0 aliphatic heterocycles. The van der Waals surface area contributed by atoms with Crippen LogP contribution in [0.1, 0.15) is 53.9 Å². The average molecular weight is 347 g/mol. The van der Waals surface area contributed by atoms with Gasteiger partial charge in [0.1, 0.15) is 0 Å². The van der Waals surface area contributed by atoms with Gasteiger partial charge in [-0.05, 0) is 44.3 Å². The van der Waals surface area contributed by atoms with E-state index in [9.17, 15) is 4.79 Å². The lowest BCUT2D eigenvalue weighted by Crippen LogP contribution is -2.40. The van der Waals surface area contributed by atoms with Gasteiger partial charge >= 0.3 is 0 Å². The highest BCUT2D eigenvalue weighted by molar-refractivity contribution is 6.74. The largest absolute Gasteiger partial charge is 0.406 e. The molecule has 0 saturated heterocycles. The maximum absolute atomic E-state index is 12.0. The third-order valence-electron chi connectivity index (χ3n) is 4.87. The fourth-order valence-corrected chi connectivity index (χ4v) is 2.68. The molecule has 0 amide bonds. The Morgan fingerprint density at radius 2 is 1.79 bits per heavy atom. The Labute approximate surface area is 150 Å². The molecule has 0 aromatic carbocycles. The number of carbonyl (C=O) groups is 1. The van der Waals surface area contributed by atoms with Gasteiger partial charge in [0.2, 0.25) is 0 Å². The lowest BCUT2D eigenvalue weighted by molar-refractivity contribution is -0.116. The van der Waals surface area contributed by atoms with Gasteiger partial charge in [0.25, 0.3) is 0 Å². The Morgan fingerprint density at radius 1 is 1.21 bits per heavy atom. The Balaban J connectivity index is 4.45. The minimum absolute atomic E-state index is 0.0900. The van der Waals surface area contributed by atoms with Crippen molar-refractivity contribution in [2.24, 2.45) is 5.92 Å². The quantitative estimate of drug-likeness (QED) is 0.186.